The minimum atomic E-state index is -3.58. The third kappa shape index (κ3) is 4.66. The number of amides is 1. The number of hydrogen-bond donors (Lipinski definition) is 1. The van der Waals surface area contributed by atoms with Gasteiger partial charge < -0.3 is 0 Å². The highest BCUT2D eigenvalue weighted by atomic mass is 32.2. The normalized spacial score (nSPS) is 21.5. The van der Waals surface area contributed by atoms with Crippen LogP contribution in [-0.4, -0.2) is 31.9 Å². The van der Waals surface area contributed by atoms with Crippen molar-refractivity contribution >= 4 is 22.1 Å². The maximum absolute atomic E-state index is 12.8. The molecule has 0 radical (unpaired) electrons. The Bertz CT molecular complexity index is 1200. The molecule has 2 atom stereocenters. The molecule has 1 amide bonds. The number of carbonyl (C=O) groups excluding carboxylic acids is 1. The van der Waals surface area contributed by atoms with Gasteiger partial charge in [0.15, 0.2) is 0 Å². The SMILES string of the molecule is Cc1ccc(S(=O)(=O)N(C)Cc2ccc(C(=O)N/N=C/C3=CCC4CC3C4(C)C)cc2)cc1. The summed E-state index contributed by atoms with van der Waals surface area (Å²) in [5, 5.41) is 4.17. The summed E-state index contributed by atoms with van der Waals surface area (Å²) in [5.74, 6) is 0.989. The summed E-state index contributed by atoms with van der Waals surface area (Å²) in [6, 6.07) is 13.7. The quantitative estimate of drug-likeness (QED) is 0.482. The van der Waals surface area contributed by atoms with Gasteiger partial charge in [0, 0.05) is 19.2 Å². The average molecular weight is 466 g/mol. The molecule has 0 aliphatic heterocycles. The van der Waals surface area contributed by atoms with Gasteiger partial charge in [-0.05, 0) is 72.4 Å². The third-order valence-corrected chi connectivity index (χ3v) is 9.06. The van der Waals surface area contributed by atoms with Gasteiger partial charge >= 0.3 is 0 Å². The highest BCUT2D eigenvalue weighted by Gasteiger charge is 2.50. The standard InChI is InChI=1S/C26H31N3O3S/c1-18-5-13-23(14-6-18)33(31,32)29(4)17-19-7-9-20(10-8-19)25(30)28-27-16-21-11-12-22-15-24(21)26(22,2)3/h5-11,13-14,16,22,24H,12,15,17H2,1-4H3,(H,28,30)/b27-16+. The number of hydrazone groups is 1. The molecule has 0 spiro atoms. The number of hydrogen-bond acceptors (Lipinski definition) is 4. The molecule has 2 unspecified atom stereocenters. The molecule has 0 heterocycles. The van der Waals surface area contributed by atoms with E-state index < -0.39 is 10.0 Å². The summed E-state index contributed by atoms with van der Waals surface area (Å²) in [6.07, 6.45) is 6.29. The summed E-state index contributed by atoms with van der Waals surface area (Å²) in [7, 11) is -2.03. The van der Waals surface area contributed by atoms with Crippen molar-refractivity contribution in [2.24, 2.45) is 22.4 Å². The van der Waals surface area contributed by atoms with Crippen LogP contribution in [0.2, 0.25) is 0 Å². The monoisotopic (exact) mass is 465 g/mol. The maximum Gasteiger partial charge on any atom is 0.271 e. The van der Waals surface area contributed by atoms with Crippen molar-refractivity contribution in [3.63, 3.8) is 0 Å². The third-order valence-electron chi connectivity index (χ3n) is 7.24. The Morgan fingerprint density at radius 3 is 2.42 bits per heavy atom. The summed E-state index contributed by atoms with van der Waals surface area (Å²) in [6.45, 7) is 6.73. The first-order valence-corrected chi connectivity index (χ1v) is 12.7. The lowest BCUT2D eigenvalue weighted by Crippen LogP contribution is -2.48. The Labute approximate surface area is 196 Å². The van der Waals surface area contributed by atoms with Gasteiger partial charge in [-0.2, -0.15) is 9.41 Å². The van der Waals surface area contributed by atoms with E-state index in [1.165, 1.54) is 16.3 Å². The van der Waals surface area contributed by atoms with E-state index in [9.17, 15) is 13.2 Å². The molecule has 174 valence electrons. The van der Waals surface area contributed by atoms with Crippen LogP contribution in [-0.2, 0) is 16.6 Å². The van der Waals surface area contributed by atoms with E-state index in [4.69, 9.17) is 0 Å². The number of fused-ring (bicyclic) bond motifs is 1. The van der Waals surface area contributed by atoms with Crippen LogP contribution < -0.4 is 5.43 Å². The van der Waals surface area contributed by atoms with E-state index in [1.54, 1.807) is 61.8 Å². The van der Waals surface area contributed by atoms with Crippen LogP contribution in [0, 0.1) is 24.2 Å². The molecule has 1 saturated carbocycles. The van der Waals surface area contributed by atoms with E-state index in [1.807, 2.05) is 6.92 Å². The number of benzene rings is 2. The van der Waals surface area contributed by atoms with Crippen molar-refractivity contribution < 1.29 is 13.2 Å². The summed E-state index contributed by atoms with van der Waals surface area (Å²) < 4.78 is 26.9. The summed E-state index contributed by atoms with van der Waals surface area (Å²) >= 11 is 0. The lowest BCUT2D eigenvalue weighted by molar-refractivity contribution is -0.00126. The Balaban J connectivity index is 1.34. The van der Waals surface area contributed by atoms with E-state index in [2.05, 4.69) is 30.5 Å². The highest BCUT2D eigenvalue weighted by Crippen LogP contribution is 2.58. The highest BCUT2D eigenvalue weighted by molar-refractivity contribution is 7.89. The zero-order valence-corrected chi connectivity index (χ0v) is 20.4. The number of nitrogens with one attached hydrogen (secondary N) is 1. The Morgan fingerprint density at radius 2 is 1.82 bits per heavy atom. The van der Waals surface area contributed by atoms with Crippen molar-refractivity contribution in [3.8, 4) is 0 Å². The number of allylic oxidation sites excluding steroid dienone is 2. The molecule has 2 aromatic carbocycles. The van der Waals surface area contributed by atoms with Crippen LogP contribution in [0.4, 0.5) is 0 Å². The van der Waals surface area contributed by atoms with E-state index in [0.29, 0.717) is 16.9 Å². The largest absolute Gasteiger partial charge is 0.271 e. The van der Waals surface area contributed by atoms with Crippen LogP contribution in [0.3, 0.4) is 0 Å². The molecule has 2 bridgehead atoms. The van der Waals surface area contributed by atoms with Gasteiger partial charge in [-0.1, -0.05) is 49.8 Å². The van der Waals surface area contributed by atoms with Gasteiger partial charge in [-0.15, -0.1) is 0 Å². The molecule has 2 aromatic rings. The van der Waals surface area contributed by atoms with Crippen LogP contribution in [0.1, 0.15) is 48.2 Å². The zero-order valence-electron chi connectivity index (χ0n) is 19.6. The van der Waals surface area contributed by atoms with Gasteiger partial charge in [0.05, 0.1) is 11.1 Å². The maximum atomic E-state index is 12.8. The first-order valence-electron chi connectivity index (χ1n) is 11.2. The van der Waals surface area contributed by atoms with Gasteiger partial charge in [0.2, 0.25) is 10.0 Å². The van der Waals surface area contributed by atoms with Crippen molar-refractivity contribution in [2.75, 3.05) is 7.05 Å². The molecule has 6 nitrogen and oxygen atoms in total. The summed E-state index contributed by atoms with van der Waals surface area (Å²) in [5.41, 5.74) is 6.40. The Kier molecular flexibility index (Phi) is 6.29. The smallest absolute Gasteiger partial charge is 0.267 e. The fourth-order valence-electron chi connectivity index (χ4n) is 4.77. The minimum absolute atomic E-state index is 0.211. The van der Waals surface area contributed by atoms with E-state index in [-0.39, 0.29) is 17.3 Å². The number of nitrogens with zero attached hydrogens (tertiary/aromatic N) is 2. The fraction of sp³-hybridized carbons (Fsp3) is 0.385. The molecule has 7 heteroatoms. The summed E-state index contributed by atoms with van der Waals surface area (Å²) in [4.78, 5) is 12.7. The zero-order chi connectivity index (χ0) is 23.8. The molecular weight excluding hydrogens is 434 g/mol. The second-order valence-corrected chi connectivity index (χ2v) is 11.8. The average Bonchev–Trinajstić information content (AvgIpc) is 2.79. The number of rotatable bonds is 7. The predicted octanol–water partition coefficient (Wildman–Crippen LogP) is 4.52. The lowest BCUT2D eigenvalue weighted by atomic mass is 9.49. The topological polar surface area (TPSA) is 78.8 Å². The van der Waals surface area contributed by atoms with E-state index >= 15 is 0 Å². The van der Waals surface area contributed by atoms with Crippen molar-refractivity contribution in [3.05, 3.63) is 76.9 Å². The molecular formula is C26H31N3O3S. The second-order valence-electron chi connectivity index (χ2n) is 9.72. The Morgan fingerprint density at radius 1 is 1.15 bits per heavy atom. The number of sulfonamides is 1. The number of aryl methyl sites for hydroxylation is 1. The van der Waals surface area contributed by atoms with Crippen LogP contribution >= 0.6 is 0 Å². The molecule has 0 aromatic heterocycles. The van der Waals surface area contributed by atoms with Crippen molar-refractivity contribution in [2.45, 2.75) is 45.1 Å². The van der Waals surface area contributed by atoms with E-state index in [0.717, 1.165) is 23.5 Å². The molecule has 33 heavy (non-hydrogen) atoms. The van der Waals surface area contributed by atoms with Crippen LogP contribution in [0.5, 0.6) is 0 Å². The van der Waals surface area contributed by atoms with Gasteiger partial charge in [-0.3, -0.25) is 4.79 Å². The van der Waals surface area contributed by atoms with Gasteiger partial charge in [0.1, 0.15) is 0 Å². The van der Waals surface area contributed by atoms with Crippen molar-refractivity contribution in [1.82, 2.24) is 9.73 Å². The van der Waals surface area contributed by atoms with Gasteiger partial charge in [-0.25, -0.2) is 13.8 Å². The number of carbonyl (C=O) groups is 1. The molecule has 3 aliphatic carbocycles. The molecule has 1 N–H and O–H groups in total. The van der Waals surface area contributed by atoms with Crippen LogP contribution in [0.25, 0.3) is 0 Å². The van der Waals surface area contributed by atoms with Crippen LogP contribution in [0.15, 0.2) is 70.2 Å². The molecule has 0 saturated heterocycles. The van der Waals surface area contributed by atoms with Gasteiger partial charge in [0.25, 0.3) is 5.91 Å². The fourth-order valence-corrected chi connectivity index (χ4v) is 5.93. The molecule has 5 rings (SSSR count). The predicted molar refractivity (Wildman–Crippen MR) is 130 cm³/mol. The molecule has 3 aliphatic rings. The first kappa shape index (κ1) is 23.4. The van der Waals surface area contributed by atoms with Crippen molar-refractivity contribution in [1.29, 1.82) is 0 Å². The first-order chi connectivity index (χ1) is 15.6. The minimum Gasteiger partial charge on any atom is -0.267 e. The molecule has 1 fully saturated rings. The Hall–Kier alpha value is -2.77. The second kappa shape index (κ2) is 8.88. The lowest BCUT2D eigenvalue weighted by Gasteiger charge is -2.55.